The van der Waals surface area contributed by atoms with Crippen LogP contribution in [0, 0.1) is 12.8 Å². The number of piperidine rings is 1. The monoisotopic (exact) mass is 281 g/mol. The van der Waals surface area contributed by atoms with Crippen molar-refractivity contribution in [3.05, 3.63) is 35.4 Å². The van der Waals surface area contributed by atoms with Crippen molar-refractivity contribution in [2.75, 3.05) is 6.54 Å². The van der Waals surface area contributed by atoms with Crippen LogP contribution >= 0.6 is 0 Å². The van der Waals surface area contributed by atoms with Crippen molar-refractivity contribution in [2.24, 2.45) is 5.92 Å². The molecule has 1 aliphatic carbocycles. The predicted octanol–water partition coefficient (Wildman–Crippen LogP) is -1.07. The van der Waals surface area contributed by atoms with Gasteiger partial charge in [-0.05, 0) is 19.8 Å². The normalized spacial score (nSPS) is 34.2. The Morgan fingerprint density at radius 2 is 1.89 bits per heavy atom. The van der Waals surface area contributed by atoms with Crippen LogP contribution in [0.3, 0.4) is 0 Å². The maximum atomic E-state index is 10.9. The molecule has 2 fully saturated rings. The Balaban J connectivity index is 0.00000133. The van der Waals surface area contributed by atoms with E-state index in [1.165, 1.54) is 30.4 Å². The molecule has 1 saturated carbocycles. The summed E-state index contributed by atoms with van der Waals surface area (Å²) >= 11 is 0. The number of hydrogen-bond donors (Lipinski definition) is 2. The van der Waals surface area contributed by atoms with Crippen LogP contribution in [0.25, 0.3) is 0 Å². The number of nitrogens with two attached hydrogens (primary N) is 1. The lowest BCUT2D eigenvalue weighted by Gasteiger charge is -2.46. The maximum absolute atomic E-state index is 10.9. The first-order valence-corrected chi connectivity index (χ1v) is 7.31. The standard InChI is InChI=1S/C16H23NO.ClH/c1-12-5-7-13(8-6-12)15-14-4-2-3-9-16(14,18)10-11-17-15;/h5-8,14-15,17-18H,2-4,9-11H2,1H3;1H/t14-,15-,16+;/m1./s1. The third kappa shape index (κ3) is 2.81. The van der Waals surface area contributed by atoms with E-state index in [-0.39, 0.29) is 18.0 Å². The van der Waals surface area contributed by atoms with Crippen LogP contribution in [0.15, 0.2) is 24.3 Å². The third-order valence-corrected chi connectivity index (χ3v) is 4.96. The second kappa shape index (κ2) is 5.82. The van der Waals surface area contributed by atoms with E-state index in [1.54, 1.807) is 0 Å². The molecule has 1 saturated heterocycles. The van der Waals surface area contributed by atoms with Crippen molar-refractivity contribution in [1.82, 2.24) is 0 Å². The van der Waals surface area contributed by atoms with Gasteiger partial charge in [0, 0.05) is 17.9 Å². The van der Waals surface area contributed by atoms with E-state index in [9.17, 15) is 5.11 Å². The molecule has 1 heterocycles. The molecule has 1 aliphatic heterocycles. The third-order valence-electron chi connectivity index (χ3n) is 4.96. The minimum absolute atomic E-state index is 0. The molecule has 3 N–H and O–H groups in total. The van der Waals surface area contributed by atoms with E-state index >= 15 is 0 Å². The number of halogens is 1. The summed E-state index contributed by atoms with van der Waals surface area (Å²) < 4.78 is 0. The van der Waals surface area contributed by atoms with Gasteiger partial charge in [0.25, 0.3) is 0 Å². The molecule has 0 aromatic heterocycles. The van der Waals surface area contributed by atoms with Gasteiger partial charge in [0.15, 0.2) is 0 Å². The van der Waals surface area contributed by atoms with Crippen LogP contribution in [0.5, 0.6) is 0 Å². The van der Waals surface area contributed by atoms with Crippen LogP contribution in [-0.2, 0) is 0 Å². The molecule has 2 aliphatic rings. The van der Waals surface area contributed by atoms with E-state index in [4.69, 9.17) is 0 Å². The number of rotatable bonds is 1. The van der Waals surface area contributed by atoms with E-state index in [0.717, 1.165) is 19.4 Å². The summed E-state index contributed by atoms with van der Waals surface area (Å²) in [6.07, 6.45) is 5.65. The Morgan fingerprint density at radius 3 is 2.63 bits per heavy atom. The van der Waals surface area contributed by atoms with Crippen molar-refractivity contribution in [3.8, 4) is 0 Å². The second-order valence-electron chi connectivity index (χ2n) is 6.17. The first-order chi connectivity index (χ1) is 8.69. The van der Waals surface area contributed by atoms with E-state index in [2.05, 4.69) is 36.5 Å². The molecule has 1 aromatic rings. The molecule has 0 bridgehead atoms. The summed E-state index contributed by atoms with van der Waals surface area (Å²) in [5.74, 6) is 0.447. The van der Waals surface area contributed by atoms with Crippen LogP contribution in [0.4, 0.5) is 0 Å². The molecule has 0 amide bonds. The average molecular weight is 282 g/mol. The molecule has 0 spiro atoms. The van der Waals surface area contributed by atoms with Gasteiger partial charge in [-0.1, -0.05) is 42.7 Å². The Bertz CT molecular complexity index is 415. The van der Waals surface area contributed by atoms with Crippen molar-refractivity contribution in [1.29, 1.82) is 0 Å². The molecule has 2 nitrogen and oxygen atoms in total. The molecule has 3 atom stereocenters. The summed E-state index contributed by atoms with van der Waals surface area (Å²) in [5.41, 5.74) is 2.32. The van der Waals surface area contributed by atoms with E-state index in [0.29, 0.717) is 12.0 Å². The fourth-order valence-electron chi connectivity index (χ4n) is 3.91. The number of hydrogen-bond acceptors (Lipinski definition) is 1. The Labute approximate surface area is 122 Å². The highest BCUT2D eigenvalue weighted by atomic mass is 35.5. The highest BCUT2D eigenvalue weighted by molar-refractivity contribution is 5.24. The summed E-state index contributed by atoms with van der Waals surface area (Å²) in [6.45, 7) is 3.19. The highest BCUT2D eigenvalue weighted by Crippen LogP contribution is 2.43. The first-order valence-electron chi connectivity index (χ1n) is 7.31. The SMILES string of the molecule is Cc1ccc([C@H]2[NH2+]CC[C@@]3(O)CCCC[C@H]23)cc1.[Cl-]. The summed E-state index contributed by atoms with van der Waals surface area (Å²) in [6, 6.07) is 9.34. The molecule has 3 rings (SSSR count). The molecule has 0 unspecified atom stereocenters. The van der Waals surface area contributed by atoms with Crippen molar-refractivity contribution < 1.29 is 22.8 Å². The highest BCUT2D eigenvalue weighted by Gasteiger charge is 2.48. The van der Waals surface area contributed by atoms with Gasteiger partial charge in [-0.3, -0.25) is 0 Å². The Morgan fingerprint density at radius 1 is 1.16 bits per heavy atom. The zero-order chi connectivity index (χ0) is 12.6. The molecule has 3 heteroatoms. The second-order valence-corrected chi connectivity index (χ2v) is 6.17. The Hall–Kier alpha value is -0.570. The minimum Gasteiger partial charge on any atom is -1.00 e. The molecule has 19 heavy (non-hydrogen) atoms. The largest absolute Gasteiger partial charge is 1.00 e. The number of fused-ring (bicyclic) bond motifs is 1. The van der Waals surface area contributed by atoms with Gasteiger partial charge in [0.2, 0.25) is 0 Å². The summed E-state index contributed by atoms with van der Waals surface area (Å²) in [7, 11) is 0. The zero-order valence-corrected chi connectivity index (χ0v) is 12.4. The van der Waals surface area contributed by atoms with E-state index in [1.807, 2.05) is 0 Å². The smallest absolute Gasteiger partial charge is 0.117 e. The van der Waals surface area contributed by atoms with Gasteiger partial charge < -0.3 is 22.8 Å². The van der Waals surface area contributed by atoms with Gasteiger partial charge in [-0.15, -0.1) is 0 Å². The van der Waals surface area contributed by atoms with Crippen LogP contribution < -0.4 is 17.7 Å². The zero-order valence-electron chi connectivity index (χ0n) is 11.6. The number of aliphatic hydroxyl groups is 1. The number of quaternary nitrogens is 1. The quantitative estimate of drug-likeness (QED) is 0.676. The van der Waals surface area contributed by atoms with Crippen LogP contribution in [0.1, 0.15) is 49.3 Å². The number of benzene rings is 1. The predicted molar refractivity (Wildman–Crippen MR) is 72.2 cm³/mol. The number of aryl methyl sites for hydroxylation is 1. The van der Waals surface area contributed by atoms with Crippen LogP contribution in [0.2, 0.25) is 0 Å². The lowest BCUT2D eigenvalue weighted by Crippen LogP contribution is -3.00. The topological polar surface area (TPSA) is 36.8 Å². The van der Waals surface area contributed by atoms with Gasteiger partial charge in [0.1, 0.15) is 6.04 Å². The van der Waals surface area contributed by atoms with Gasteiger partial charge in [-0.2, -0.15) is 0 Å². The first kappa shape index (κ1) is 14.8. The molecule has 1 aromatic carbocycles. The lowest BCUT2D eigenvalue weighted by atomic mass is 9.67. The van der Waals surface area contributed by atoms with Gasteiger partial charge in [-0.25, -0.2) is 0 Å². The molecular weight excluding hydrogens is 258 g/mol. The maximum Gasteiger partial charge on any atom is 0.117 e. The van der Waals surface area contributed by atoms with Crippen molar-refractivity contribution >= 4 is 0 Å². The van der Waals surface area contributed by atoms with Gasteiger partial charge >= 0.3 is 0 Å². The summed E-state index contributed by atoms with van der Waals surface area (Å²) in [5, 5.41) is 13.3. The van der Waals surface area contributed by atoms with E-state index < -0.39 is 0 Å². The minimum atomic E-state index is -0.386. The average Bonchev–Trinajstić information content (AvgIpc) is 2.38. The molecule has 0 radical (unpaired) electrons. The Kier molecular flexibility index (Phi) is 4.54. The molecule has 106 valence electrons. The van der Waals surface area contributed by atoms with Crippen molar-refractivity contribution in [3.63, 3.8) is 0 Å². The fraction of sp³-hybridized carbons (Fsp3) is 0.625. The van der Waals surface area contributed by atoms with Crippen molar-refractivity contribution in [2.45, 2.75) is 50.7 Å². The fourth-order valence-corrected chi connectivity index (χ4v) is 3.91. The van der Waals surface area contributed by atoms with Gasteiger partial charge in [0.05, 0.1) is 12.1 Å². The van der Waals surface area contributed by atoms with Crippen LogP contribution in [-0.4, -0.2) is 17.3 Å². The lowest BCUT2D eigenvalue weighted by molar-refractivity contribution is -0.719. The molecular formula is C16H24ClNO. The summed E-state index contributed by atoms with van der Waals surface area (Å²) in [4.78, 5) is 0.